The first-order chi connectivity index (χ1) is 14.2. The molecule has 0 saturated carbocycles. The van der Waals surface area contributed by atoms with Gasteiger partial charge in [-0.05, 0) is 18.2 Å². The van der Waals surface area contributed by atoms with Gasteiger partial charge in [0.05, 0.1) is 6.61 Å². The molecule has 1 aliphatic rings. The van der Waals surface area contributed by atoms with Crippen LogP contribution in [-0.2, 0) is 4.74 Å². The minimum Gasteiger partial charge on any atom is -0.507 e. The molecule has 1 saturated heterocycles. The van der Waals surface area contributed by atoms with Crippen LogP contribution >= 0.6 is 0 Å². The molecule has 0 aliphatic carbocycles. The van der Waals surface area contributed by atoms with Gasteiger partial charge < -0.3 is 44.5 Å². The van der Waals surface area contributed by atoms with E-state index in [2.05, 4.69) is 0 Å². The predicted molar refractivity (Wildman–Crippen MR) is 101 cm³/mol. The summed E-state index contributed by atoms with van der Waals surface area (Å²) in [5.41, 5.74) is -0.306. The number of ether oxygens (including phenoxy) is 2. The third-order valence-corrected chi connectivity index (χ3v) is 4.75. The Kier molecular flexibility index (Phi) is 5.00. The number of fused-ring (bicyclic) bond motifs is 1. The molecule has 4 atom stereocenters. The smallest absolute Gasteiger partial charge is 0.228 e. The van der Waals surface area contributed by atoms with Gasteiger partial charge in [0.15, 0.2) is 16.9 Å². The Morgan fingerprint density at radius 3 is 2.40 bits per heavy atom. The fourth-order valence-corrected chi connectivity index (χ4v) is 3.15. The topological polar surface area (TPSA) is 170 Å². The van der Waals surface area contributed by atoms with Crippen molar-refractivity contribution in [3.05, 3.63) is 46.6 Å². The van der Waals surface area contributed by atoms with Crippen LogP contribution in [0.5, 0.6) is 23.0 Å². The Morgan fingerprint density at radius 2 is 1.67 bits per heavy atom. The number of benzene rings is 2. The first kappa shape index (κ1) is 20.0. The summed E-state index contributed by atoms with van der Waals surface area (Å²) in [6.45, 7) is -0.272. The fraction of sp³-hybridized carbons (Fsp3) is 0.250. The highest BCUT2D eigenvalue weighted by molar-refractivity contribution is 5.86. The second-order valence-corrected chi connectivity index (χ2v) is 6.86. The fourth-order valence-electron chi connectivity index (χ4n) is 3.15. The second-order valence-electron chi connectivity index (χ2n) is 6.86. The standard InChI is InChI=1S/C20H18O10/c21-10-2-1-8(3-11(10)22)15-6-13(24)17-12(23)4-9(5-16(17)30-15)29-20-19(27)18(26)14(25)7-28-20/h1-6,14,18-23,25-27H,7H2/t14-,18+,19-,20-/m1/s1. The van der Waals surface area contributed by atoms with Crippen molar-refractivity contribution in [2.45, 2.75) is 24.6 Å². The number of hydrogen-bond acceptors (Lipinski definition) is 10. The number of phenols is 3. The van der Waals surface area contributed by atoms with Gasteiger partial charge in [-0.3, -0.25) is 4.79 Å². The number of phenolic OH excluding ortho intramolecular Hbond substituents is 3. The molecule has 0 radical (unpaired) electrons. The predicted octanol–water partition coefficient (Wildman–Crippen LogP) is 0.395. The lowest BCUT2D eigenvalue weighted by Gasteiger charge is -2.34. The van der Waals surface area contributed by atoms with E-state index in [4.69, 9.17) is 13.9 Å². The van der Waals surface area contributed by atoms with Crippen LogP contribution in [0, 0.1) is 0 Å². The van der Waals surface area contributed by atoms with Crippen LogP contribution in [0.15, 0.2) is 45.6 Å². The molecule has 0 unspecified atom stereocenters. The lowest BCUT2D eigenvalue weighted by molar-refractivity contribution is -0.242. The van der Waals surface area contributed by atoms with E-state index in [9.17, 15) is 35.4 Å². The van der Waals surface area contributed by atoms with Crippen LogP contribution in [0.1, 0.15) is 0 Å². The zero-order valence-electron chi connectivity index (χ0n) is 15.3. The van der Waals surface area contributed by atoms with E-state index in [1.54, 1.807) is 0 Å². The lowest BCUT2D eigenvalue weighted by atomic mass is 10.1. The Labute approximate surface area is 168 Å². The van der Waals surface area contributed by atoms with Gasteiger partial charge in [0.1, 0.15) is 46.5 Å². The summed E-state index contributed by atoms with van der Waals surface area (Å²) in [5.74, 6) is -1.15. The van der Waals surface area contributed by atoms with Gasteiger partial charge in [-0.15, -0.1) is 0 Å². The Balaban J connectivity index is 1.73. The second kappa shape index (κ2) is 7.50. The van der Waals surface area contributed by atoms with Crippen molar-refractivity contribution >= 4 is 11.0 Å². The summed E-state index contributed by atoms with van der Waals surface area (Å²) < 4.78 is 16.3. The van der Waals surface area contributed by atoms with Crippen LogP contribution in [-0.4, -0.2) is 61.8 Å². The molecule has 2 aromatic carbocycles. The van der Waals surface area contributed by atoms with Crippen LogP contribution < -0.4 is 10.2 Å². The van der Waals surface area contributed by atoms with E-state index in [1.165, 1.54) is 24.3 Å². The van der Waals surface area contributed by atoms with Crippen molar-refractivity contribution in [1.29, 1.82) is 0 Å². The van der Waals surface area contributed by atoms with Crippen molar-refractivity contribution in [3.8, 4) is 34.3 Å². The first-order valence-corrected chi connectivity index (χ1v) is 8.90. The van der Waals surface area contributed by atoms with Gasteiger partial charge in [0.2, 0.25) is 6.29 Å². The van der Waals surface area contributed by atoms with Gasteiger partial charge in [-0.25, -0.2) is 0 Å². The largest absolute Gasteiger partial charge is 0.507 e. The van der Waals surface area contributed by atoms with Crippen molar-refractivity contribution < 1.29 is 44.5 Å². The molecule has 158 valence electrons. The highest BCUT2D eigenvalue weighted by atomic mass is 16.7. The normalized spacial score (nSPS) is 24.1. The van der Waals surface area contributed by atoms with Gasteiger partial charge in [0.25, 0.3) is 0 Å². The molecule has 1 aromatic heterocycles. The molecule has 30 heavy (non-hydrogen) atoms. The van der Waals surface area contributed by atoms with Crippen molar-refractivity contribution in [2.75, 3.05) is 6.61 Å². The Morgan fingerprint density at radius 1 is 0.900 bits per heavy atom. The summed E-state index contributed by atoms with van der Waals surface area (Å²) in [5, 5.41) is 58.5. The van der Waals surface area contributed by atoms with Crippen LogP contribution in [0.25, 0.3) is 22.3 Å². The Bertz CT molecular complexity index is 1150. The monoisotopic (exact) mass is 418 g/mol. The van der Waals surface area contributed by atoms with Crippen LogP contribution in [0.3, 0.4) is 0 Å². The molecule has 0 bridgehead atoms. The minimum absolute atomic E-state index is 0.0264. The summed E-state index contributed by atoms with van der Waals surface area (Å²) in [4.78, 5) is 12.5. The van der Waals surface area contributed by atoms with Gasteiger partial charge in [-0.1, -0.05) is 0 Å². The molecule has 10 heteroatoms. The highest BCUT2D eigenvalue weighted by Gasteiger charge is 2.39. The molecule has 4 rings (SSSR count). The summed E-state index contributed by atoms with van der Waals surface area (Å²) in [7, 11) is 0. The molecular weight excluding hydrogens is 400 g/mol. The zero-order valence-corrected chi connectivity index (χ0v) is 15.3. The SMILES string of the molecule is O=c1cc(-c2ccc(O)c(O)c2)oc2cc(O[C@H]3OC[C@@H](O)[C@H](O)[C@H]3O)cc(O)c12. The average molecular weight is 418 g/mol. The third kappa shape index (κ3) is 3.53. The third-order valence-electron chi connectivity index (χ3n) is 4.75. The van der Waals surface area contributed by atoms with E-state index >= 15 is 0 Å². The number of rotatable bonds is 3. The number of hydrogen-bond donors (Lipinski definition) is 6. The maximum atomic E-state index is 12.5. The van der Waals surface area contributed by atoms with Crippen LogP contribution in [0.4, 0.5) is 0 Å². The summed E-state index contributed by atoms with van der Waals surface area (Å²) >= 11 is 0. The maximum Gasteiger partial charge on any atom is 0.228 e. The van der Waals surface area contributed by atoms with E-state index in [0.717, 1.165) is 12.1 Å². The molecule has 6 N–H and O–H groups in total. The molecule has 10 nitrogen and oxygen atoms in total. The molecule has 2 heterocycles. The van der Waals surface area contributed by atoms with Gasteiger partial charge in [0, 0.05) is 23.8 Å². The molecule has 1 aliphatic heterocycles. The van der Waals surface area contributed by atoms with E-state index in [0.29, 0.717) is 5.56 Å². The van der Waals surface area contributed by atoms with Crippen molar-refractivity contribution in [1.82, 2.24) is 0 Å². The van der Waals surface area contributed by atoms with Crippen LogP contribution in [0.2, 0.25) is 0 Å². The van der Waals surface area contributed by atoms with Crippen molar-refractivity contribution in [3.63, 3.8) is 0 Å². The molecule has 3 aromatic rings. The van der Waals surface area contributed by atoms with E-state index < -0.39 is 41.5 Å². The summed E-state index contributed by atoms with van der Waals surface area (Å²) in [6.07, 6.45) is -5.63. The molecular formula is C20H18O10. The number of aromatic hydroxyl groups is 3. The van der Waals surface area contributed by atoms with E-state index in [1.807, 2.05) is 0 Å². The Hall–Kier alpha value is -3.31. The first-order valence-electron chi connectivity index (χ1n) is 8.90. The molecule has 0 spiro atoms. The highest BCUT2D eigenvalue weighted by Crippen LogP contribution is 2.34. The quantitative estimate of drug-likeness (QED) is 0.327. The van der Waals surface area contributed by atoms with Gasteiger partial charge in [-0.2, -0.15) is 0 Å². The minimum atomic E-state index is -1.55. The van der Waals surface area contributed by atoms with E-state index in [-0.39, 0.29) is 34.8 Å². The molecule has 1 fully saturated rings. The number of aliphatic hydroxyl groups is 3. The van der Waals surface area contributed by atoms with Crippen molar-refractivity contribution in [2.24, 2.45) is 0 Å². The number of aliphatic hydroxyl groups excluding tert-OH is 3. The molecule has 0 amide bonds. The maximum absolute atomic E-state index is 12.5. The summed E-state index contributed by atoms with van der Waals surface area (Å²) in [6, 6.07) is 7.40. The lowest BCUT2D eigenvalue weighted by Crippen LogP contribution is -2.54. The average Bonchev–Trinajstić information content (AvgIpc) is 2.70. The zero-order chi connectivity index (χ0) is 21.6. The van der Waals surface area contributed by atoms with Gasteiger partial charge >= 0.3 is 0 Å².